The first-order valence-electron chi connectivity index (χ1n) is 6.71. The van der Waals surface area contributed by atoms with Crippen LogP contribution in [0.4, 0.5) is 18.0 Å². The van der Waals surface area contributed by atoms with Crippen LogP contribution in [-0.4, -0.2) is 55.2 Å². The van der Waals surface area contributed by atoms with Gasteiger partial charge in [-0.2, -0.15) is 13.2 Å². The number of hydrogen-bond acceptors (Lipinski definition) is 2. The highest BCUT2D eigenvalue weighted by molar-refractivity contribution is 5.75. The first-order valence-corrected chi connectivity index (χ1v) is 6.71. The van der Waals surface area contributed by atoms with E-state index in [9.17, 15) is 18.0 Å². The Balaban J connectivity index is 2.10. The van der Waals surface area contributed by atoms with Crippen molar-refractivity contribution < 1.29 is 18.0 Å². The molecule has 1 heterocycles. The van der Waals surface area contributed by atoms with Gasteiger partial charge in [0.15, 0.2) is 0 Å². The van der Waals surface area contributed by atoms with Gasteiger partial charge in [-0.05, 0) is 12.6 Å². The summed E-state index contributed by atoms with van der Waals surface area (Å²) in [6.45, 7) is 0.339. The third-order valence-corrected chi connectivity index (χ3v) is 3.47. The van der Waals surface area contributed by atoms with Gasteiger partial charge in [-0.1, -0.05) is 30.3 Å². The molecule has 0 radical (unpaired) electrons. The standard InChI is InChI=1S/C14H18F3N3O/c1-19-7-8-20(13(21)18-10-14(15,16)17)12(9-19)11-5-3-2-4-6-11/h2-6,12H,7-10H2,1H3,(H,18,21). The van der Waals surface area contributed by atoms with Crippen LogP contribution < -0.4 is 5.32 Å². The molecule has 1 aromatic carbocycles. The molecule has 4 nitrogen and oxygen atoms in total. The lowest BCUT2D eigenvalue weighted by molar-refractivity contribution is -0.123. The molecule has 1 N–H and O–H groups in total. The zero-order chi connectivity index (χ0) is 15.5. The summed E-state index contributed by atoms with van der Waals surface area (Å²) in [6.07, 6.45) is -4.40. The van der Waals surface area contributed by atoms with E-state index in [1.807, 2.05) is 42.7 Å². The molecule has 1 aliphatic rings. The zero-order valence-corrected chi connectivity index (χ0v) is 11.7. The number of likely N-dealkylation sites (N-methyl/N-ethyl adjacent to an activating group) is 1. The molecule has 21 heavy (non-hydrogen) atoms. The number of alkyl halides is 3. The van der Waals surface area contributed by atoms with Crippen LogP contribution in [0, 0.1) is 0 Å². The molecule has 1 unspecified atom stereocenters. The van der Waals surface area contributed by atoms with E-state index in [4.69, 9.17) is 0 Å². The summed E-state index contributed by atoms with van der Waals surface area (Å²) in [5.41, 5.74) is 0.922. The van der Waals surface area contributed by atoms with E-state index in [-0.39, 0.29) is 6.04 Å². The number of piperazine rings is 1. The topological polar surface area (TPSA) is 35.6 Å². The largest absolute Gasteiger partial charge is 0.405 e. The predicted molar refractivity (Wildman–Crippen MR) is 72.8 cm³/mol. The molecule has 0 saturated carbocycles. The monoisotopic (exact) mass is 301 g/mol. The molecule has 116 valence electrons. The summed E-state index contributed by atoms with van der Waals surface area (Å²) in [6, 6.07) is 8.43. The number of nitrogens with one attached hydrogen (secondary N) is 1. The Kier molecular flexibility index (Phi) is 4.72. The van der Waals surface area contributed by atoms with Gasteiger partial charge < -0.3 is 15.1 Å². The number of hydrogen-bond donors (Lipinski definition) is 1. The molecule has 2 amide bonds. The average Bonchev–Trinajstić information content (AvgIpc) is 2.45. The van der Waals surface area contributed by atoms with E-state index in [1.54, 1.807) is 0 Å². The maximum atomic E-state index is 12.2. The van der Waals surface area contributed by atoms with Crippen molar-refractivity contribution in [3.05, 3.63) is 35.9 Å². The first-order chi connectivity index (χ1) is 9.87. The van der Waals surface area contributed by atoms with Gasteiger partial charge in [0.05, 0.1) is 6.04 Å². The third-order valence-electron chi connectivity index (χ3n) is 3.47. The maximum Gasteiger partial charge on any atom is 0.405 e. The van der Waals surface area contributed by atoms with Crippen molar-refractivity contribution in [3.63, 3.8) is 0 Å². The molecule has 7 heteroatoms. The van der Waals surface area contributed by atoms with Gasteiger partial charge in [0.2, 0.25) is 0 Å². The minimum Gasteiger partial charge on any atom is -0.329 e. The molecule has 0 bridgehead atoms. The minimum absolute atomic E-state index is 0.238. The number of halogens is 3. The van der Waals surface area contributed by atoms with E-state index in [2.05, 4.69) is 4.90 Å². The molecular formula is C14H18F3N3O. The van der Waals surface area contributed by atoms with Crippen LogP contribution in [0.5, 0.6) is 0 Å². The zero-order valence-electron chi connectivity index (χ0n) is 11.7. The van der Waals surface area contributed by atoms with Crippen LogP contribution in [0.3, 0.4) is 0 Å². The molecule has 0 aliphatic carbocycles. The number of nitrogens with zero attached hydrogens (tertiary/aromatic N) is 2. The Morgan fingerprint density at radius 1 is 1.29 bits per heavy atom. The Morgan fingerprint density at radius 3 is 2.57 bits per heavy atom. The van der Waals surface area contributed by atoms with Crippen LogP contribution in [0.1, 0.15) is 11.6 Å². The van der Waals surface area contributed by atoms with Gasteiger partial charge in [0.25, 0.3) is 0 Å². The maximum absolute atomic E-state index is 12.2. The highest BCUT2D eigenvalue weighted by Gasteiger charge is 2.33. The Hall–Kier alpha value is -1.76. The fourth-order valence-electron chi connectivity index (χ4n) is 2.40. The average molecular weight is 301 g/mol. The Labute approximate surface area is 121 Å². The van der Waals surface area contributed by atoms with Gasteiger partial charge in [-0.25, -0.2) is 4.79 Å². The Bertz CT molecular complexity index is 478. The second kappa shape index (κ2) is 6.34. The molecule has 0 aromatic heterocycles. The van der Waals surface area contributed by atoms with Crippen LogP contribution in [0.25, 0.3) is 0 Å². The van der Waals surface area contributed by atoms with Crippen LogP contribution in [0.15, 0.2) is 30.3 Å². The third kappa shape index (κ3) is 4.35. The summed E-state index contributed by atoms with van der Waals surface area (Å²) in [4.78, 5) is 15.6. The number of urea groups is 1. The second-order valence-corrected chi connectivity index (χ2v) is 5.16. The van der Waals surface area contributed by atoms with Crippen LogP contribution in [0.2, 0.25) is 0 Å². The van der Waals surface area contributed by atoms with E-state index >= 15 is 0 Å². The fraction of sp³-hybridized carbons (Fsp3) is 0.500. The van der Waals surface area contributed by atoms with E-state index in [0.717, 1.165) is 5.56 Å². The summed E-state index contributed by atoms with van der Waals surface area (Å²) in [5.74, 6) is 0. The lowest BCUT2D eigenvalue weighted by Gasteiger charge is -2.40. The van der Waals surface area contributed by atoms with Gasteiger partial charge in [0.1, 0.15) is 6.54 Å². The van der Waals surface area contributed by atoms with Crippen LogP contribution in [-0.2, 0) is 0 Å². The van der Waals surface area contributed by atoms with E-state index < -0.39 is 18.8 Å². The van der Waals surface area contributed by atoms with Gasteiger partial charge in [-0.15, -0.1) is 0 Å². The molecule has 1 atom stereocenters. The van der Waals surface area contributed by atoms with Gasteiger partial charge in [-0.3, -0.25) is 0 Å². The van der Waals surface area contributed by atoms with Crippen molar-refractivity contribution in [2.24, 2.45) is 0 Å². The number of amides is 2. The van der Waals surface area contributed by atoms with Crippen molar-refractivity contribution in [2.75, 3.05) is 33.2 Å². The van der Waals surface area contributed by atoms with E-state index in [1.165, 1.54) is 4.90 Å². The summed E-state index contributed by atoms with van der Waals surface area (Å²) in [7, 11) is 1.93. The highest BCUT2D eigenvalue weighted by Crippen LogP contribution is 2.25. The van der Waals surface area contributed by atoms with Gasteiger partial charge >= 0.3 is 12.2 Å². The smallest absolute Gasteiger partial charge is 0.329 e. The van der Waals surface area contributed by atoms with Crippen molar-refractivity contribution in [2.45, 2.75) is 12.2 Å². The quantitative estimate of drug-likeness (QED) is 0.909. The minimum atomic E-state index is -4.40. The number of carbonyl (C=O) groups is 1. The summed E-state index contributed by atoms with van der Waals surface area (Å²) >= 11 is 0. The lowest BCUT2D eigenvalue weighted by Crippen LogP contribution is -2.53. The second-order valence-electron chi connectivity index (χ2n) is 5.16. The fourth-order valence-corrected chi connectivity index (χ4v) is 2.40. The van der Waals surface area contributed by atoms with E-state index in [0.29, 0.717) is 19.6 Å². The van der Waals surface area contributed by atoms with Crippen LogP contribution >= 0.6 is 0 Å². The van der Waals surface area contributed by atoms with Crippen molar-refractivity contribution in [1.29, 1.82) is 0 Å². The van der Waals surface area contributed by atoms with Crippen molar-refractivity contribution in [1.82, 2.24) is 15.1 Å². The Morgan fingerprint density at radius 2 is 1.95 bits per heavy atom. The summed E-state index contributed by atoms with van der Waals surface area (Å²) < 4.78 is 36.7. The van der Waals surface area contributed by atoms with Crippen molar-refractivity contribution >= 4 is 6.03 Å². The number of benzene rings is 1. The summed E-state index contributed by atoms with van der Waals surface area (Å²) in [5, 5.41) is 1.95. The predicted octanol–water partition coefficient (Wildman–Crippen LogP) is 2.25. The number of carbonyl (C=O) groups excluding carboxylic acids is 1. The molecule has 2 rings (SSSR count). The SMILES string of the molecule is CN1CCN(C(=O)NCC(F)(F)F)C(c2ccccc2)C1. The number of rotatable bonds is 2. The van der Waals surface area contributed by atoms with Gasteiger partial charge in [0, 0.05) is 19.6 Å². The highest BCUT2D eigenvalue weighted by atomic mass is 19.4. The lowest BCUT2D eigenvalue weighted by atomic mass is 10.0. The molecular weight excluding hydrogens is 283 g/mol. The van der Waals surface area contributed by atoms with Crippen molar-refractivity contribution in [3.8, 4) is 0 Å². The molecule has 1 aromatic rings. The molecule has 1 fully saturated rings. The first kappa shape index (κ1) is 15.6. The molecule has 1 aliphatic heterocycles. The molecule has 0 spiro atoms. The molecule has 1 saturated heterocycles. The normalized spacial score (nSPS) is 20.4.